The molecule has 7 nitrogen and oxygen atoms in total. The second-order valence-electron chi connectivity index (χ2n) is 6.91. The summed E-state index contributed by atoms with van der Waals surface area (Å²) in [5, 5.41) is 21.0. The lowest BCUT2D eigenvalue weighted by molar-refractivity contribution is -0.122. The number of aromatic nitrogens is 1. The average molecular weight is 457 g/mol. The van der Waals surface area contributed by atoms with Gasteiger partial charge in [-0.25, -0.2) is 0 Å². The Bertz CT molecular complexity index is 1130. The standard InChI is InChI=1S/C21H21BrN4O3/c1-11-4-5-14(8-12(11)2)23-18(27)6-7-19(28)25-26-20-15-9-13(3)16(22)10-17(15)24-21(20)29/h4-5,8-10,24,29H,6-7H2,1-3H3,(H,23,27). The summed E-state index contributed by atoms with van der Waals surface area (Å²) in [5.74, 6) is -0.975. The van der Waals surface area contributed by atoms with E-state index in [9.17, 15) is 14.7 Å². The van der Waals surface area contributed by atoms with Crippen LogP contribution in [0.5, 0.6) is 5.88 Å². The van der Waals surface area contributed by atoms with Crippen molar-refractivity contribution in [1.29, 1.82) is 0 Å². The number of nitrogens with one attached hydrogen (secondary N) is 2. The highest BCUT2D eigenvalue weighted by Gasteiger charge is 2.13. The summed E-state index contributed by atoms with van der Waals surface area (Å²) in [6.45, 7) is 5.87. The molecule has 3 aromatic rings. The van der Waals surface area contributed by atoms with Crippen LogP contribution in [0.1, 0.15) is 29.5 Å². The Hall–Kier alpha value is -3.00. The summed E-state index contributed by atoms with van der Waals surface area (Å²) in [6.07, 6.45) is -0.0788. The van der Waals surface area contributed by atoms with Gasteiger partial charge in [0, 0.05) is 28.4 Å². The molecule has 0 saturated heterocycles. The average Bonchev–Trinajstić information content (AvgIpc) is 2.96. The predicted octanol–water partition coefficient (Wildman–Crippen LogP) is 5.59. The summed E-state index contributed by atoms with van der Waals surface area (Å²) in [7, 11) is 0. The van der Waals surface area contributed by atoms with Gasteiger partial charge in [0.05, 0.1) is 5.52 Å². The van der Waals surface area contributed by atoms with E-state index in [1.165, 1.54) is 0 Å². The number of hydrogen-bond acceptors (Lipinski definition) is 4. The van der Waals surface area contributed by atoms with Gasteiger partial charge in [0.1, 0.15) is 0 Å². The number of amides is 2. The fraction of sp³-hybridized carbons (Fsp3) is 0.238. The molecule has 1 heterocycles. The molecule has 0 saturated carbocycles. The summed E-state index contributed by atoms with van der Waals surface area (Å²) >= 11 is 3.43. The number of hydrogen-bond donors (Lipinski definition) is 3. The quantitative estimate of drug-likeness (QED) is 0.435. The largest absolute Gasteiger partial charge is 0.493 e. The number of aryl methyl sites for hydroxylation is 3. The highest BCUT2D eigenvalue weighted by atomic mass is 79.9. The Labute approximate surface area is 176 Å². The molecule has 0 unspecified atom stereocenters. The van der Waals surface area contributed by atoms with E-state index in [-0.39, 0.29) is 30.3 Å². The van der Waals surface area contributed by atoms with Crippen LogP contribution in [-0.4, -0.2) is 21.9 Å². The number of benzene rings is 2. The normalized spacial score (nSPS) is 11.3. The highest BCUT2D eigenvalue weighted by molar-refractivity contribution is 9.10. The third-order valence-corrected chi connectivity index (χ3v) is 5.50. The zero-order chi connectivity index (χ0) is 21.1. The molecule has 0 spiro atoms. The number of H-pyrrole nitrogens is 1. The van der Waals surface area contributed by atoms with Gasteiger partial charge in [-0.3, -0.25) is 9.59 Å². The topological polar surface area (TPSA) is 107 Å². The third-order valence-electron chi connectivity index (χ3n) is 4.65. The molecular formula is C21H21BrN4O3. The van der Waals surface area contributed by atoms with Crippen LogP contribution in [0.4, 0.5) is 11.4 Å². The van der Waals surface area contributed by atoms with Crippen molar-refractivity contribution in [2.75, 3.05) is 5.32 Å². The van der Waals surface area contributed by atoms with E-state index in [0.29, 0.717) is 16.6 Å². The monoisotopic (exact) mass is 456 g/mol. The van der Waals surface area contributed by atoms with Gasteiger partial charge in [0.15, 0.2) is 5.69 Å². The first-order valence-corrected chi connectivity index (χ1v) is 9.86. The van der Waals surface area contributed by atoms with Crippen LogP contribution >= 0.6 is 15.9 Å². The number of halogens is 1. The molecule has 0 aliphatic rings. The Balaban J connectivity index is 1.62. The van der Waals surface area contributed by atoms with Crippen LogP contribution in [0.2, 0.25) is 0 Å². The number of rotatable bonds is 5. The molecule has 2 aromatic carbocycles. The van der Waals surface area contributed by atoms with Gasteiger partial charge in [-0.1, -0.05) is 22.0 Å². The minimum Gasteiger partial charge on any atom is -0.493 e. The van der Waals surface area contributed by atoms with Gasteiger partial charge in [-0.05, 0) is 61.7 Å². The molecule has 2 amide bonds. The number of anilines is 1. The first-order chi connectivity index (χ1) is 13.7. The lowest BCUT2D eigenvalue weighted by Crippen LogP contribution is -2.12. The van der Waals surface area contributed by atoms with E-state index in [4.69, 9.17) is 0 Å². The van der Waals surface area contributed by atoms with Crippen molar-refractivity contribution in [2.45, 2.75) is 33.6 Å². The van der Waals surface area contributed by atoms with Crippen molar-refractivity contribution in [2.24, 2.45) is 10.2 Å². The maximum atomic E-state index is 12.1. The molecule has 150 valence electrons. The van der Waals surface area contributed by atoms with Crippen molar-refractivity contribution in [3.8, 4) is 5.88 Å². The molecule has 8 heteroatoms. The third kappa shape index (κ3) is 4.89. The number of azo groups is 1. The zero-order valence-corrected chi connectivity index (χ0v) is 17.9. The van der Waals surface area contributed by atoms with Crippen LogP contribution in [0, 0.1) is 20.8 Å². The number of fused-ring (bicyclic) bond motifs is 1. The zero-order valence-electron chi connectivity index (χ0n) is 16.3. The highest BCUT2D eigenvalue weighted by Crippen LogP contribution is 2.37. The first kappa shape index (κ1) is 20.7. The van der Waals surface area contributed by atoms with Gasteiger partial charge in [0.2, 0.25) is 11.8 Å². The van der Waals surface area contributed by atoms with E-state index in [2.05, 4.69) is 36.5 Å². The van der Waals surface area contributed by atoms with E-state index < -0.39 is 5.91 Å². The molecule has 0 aliphatic carbocycles. The maximum absolute atomic E-state index is 12.1. The second-order valence-corrected chi connectivity index (χ2v) is 7.76. The first-order valence-electron chi connectivity index (χ1n) is 9.07. The van der Waals surface area contributed by atoms with Gasteiger partial charge in [0.25, 0.3) is 5.91 Å². The molecule has 0 aliphatic heterocycles. The Morgan fingerprint density at radius 2 is 1.83 bits per heavy atom. The molecule has 3 N–H and O–H groups in total. The number of aromatic amines is 1. The van der Waals surface area contributed by atoms with Gasteiger partial charge >= 0.3 is 0 Å². The van der Waals surface area contributed by atoms with Crippen LogP contribution in [0.25, 0.3) is 10.9 Å². The second kappa shape index (κ2) is 8.57. The number of aromatic hydroxyl groups is 1. The number of carbonyl (C=O) groups is 2. The lowest BCUT2D eigenvalue weighted by Gasteiger charge is -2.06. The van der Waals surface area contributed by atoms with Crippen LogP contribution < -0.4 is 5.32 Å². The number of carbonyl (C=O) groups excluding carboxylic acids is 2. The van der Waals surface area contributed by atoms with Crippen molar-refractivity contribution in [3.63, 3.8) is 0 Å². The van der Waals surface area contributed by atoms with Crippen LogP contribution in [0.15, 0.2) is 45.0 Å². The van der Waals surface area contributed by atoms with Crippen molar-refractivity contribution >= 4 is 50.0 Å². The SMILES string of the molecule is Cc1ccc(NC(=O)CCC(=O)N=Nc2c(O)[nH]c3cc(Br)c(C)cc23)cc1C. The van der Waals surface area contributed by atoms with Gasteiger partial charge in [-0.2, -0.15) is 0 Å². The van der Waals surface area contributed by atoms with Crippen molar-refractivity contribution in [3.05, 3.63) is 51.5 Å². The molecule has 0 atom stereocenters. The molecule has 0 fully saturated rings. The molecule has 3 rings (SSSR count). The number of nitrogens with zero attached hydrogens (tertiary/aromatic N) is 2. The summed E-state index contributed by atoms with van der Waals surface area (Å²) in [4.78, 5) is 26.9. The lowest BCUT2D eigenvalue weighted by atomic mass is 10.1. The van der Waals surface area contributed by atoms with E-state index >= 15 is 0 Å². The van der Waals surface area contributed by atoms with E-state index in [1.807, 2.05) is 51.1 Å². The Kier molecular flexibility index (Phi) is 6.12. The fourth-order valence-electron chi connectivity index (χ4n) is 2.82. The Morgan fingerprint density at radius 3 is 2.55 bits per heavy atom. The molecule has 0 radical (unpaired) electrons. The van der Waals surface area contributed by atoms with Crippen LogP contribution in [-0.2, 0) is 9.59 Å². The van der Waals surface area contributed by atoms with Crippen molar-refractivity contribution in [1.82, 2.24) is 4.98 Å². The minimum atomic E-state index is -0.539. The molecule has 1 aromatic heterocycles. The van der Waals surface area contributed by atoms with E-state index in [1.54, 1.807) is 0 Å². The van der Waals surface area contributed by atoms with Crippen molar-refractivity contribution < 1.29 is 14.7 Å². The predicted molar refractivity (Wildman–Crippen MR) is 116 cm³/mol. The summed E-state index contributed by atoms with van der Waals surface area (Å²) in [6, 6.07) is 9.29. The van der Waals surface area contributed by atoms with Gasteiger partial charge in [-0.15, -0.1) is 10.2 Å². The summed E-state index contributed by atoms with van der Waals surface area (Å²) in [5.41, 5.74) is 4.74. The summed E-state index contributed by atoms with van der Waals surface area (Å²) < 4.78 is 0.889. The molecular weight excluding hydrogens is 436 g/mol. The maximum Gasteiger partial charge on any atom is 0.265 e. The van der Waals surface area contributed by atoms with Gasteiger partial charge < -0.3 is 15.4 Å². The van der Waals surface area contributed by atoms with E-state index in [0.717, 1.165) is 21.2 Å². The Morgan fingerprint density at radius 1 is 1.07 bits per heavy atom. The minimum absolute atomic E-state index is 0.00327. The van der Waals surface area contributed by atoms with Crippen LogP contribution in [0.3, 0.4) is 0 Å². The fourth-order valence-corrected chi connectivity index (χ4v) is 3.16. The molecule has 29 heavy (non-hydrogen) atoms. The smallest absolute Gasteiger partial charge is 0.265 e. The molecule has 0 bridgehead atoms.